The maximum absolute atomic E-state index is 12.1. The van der Waals surface area contributed by atoms with Crippen molar-refractivity contribution in [2.45, 2.75) is 25.6 Å². The molecule has 0 saturated heterocycles. The molecule has 0 aromatic carbocycles. The molecular formula is C11H15F3N4O. The number of hydrogen-bond donors (Lipinski definition) is 1. The number of hydrogen-bond acceptors (Lipinski definition) is 3. The van der Waals surface area contributed by atoms with Crippen LogP contribution in [0.5, 0.6) is 0 Å². The number of carbonyl (C=O) groups excluding carboxylic acids is 1. The van der Waals surface area contributed by atoms with Gasteiger partial charge in [-0.3, -0.25) is 4.79 Å². The van der Waals surface area contributed by atoms with Crippen LogP contribution >= 0.6 is 0 Å². The Kier molecular flexibility index (Phi) is 3.68. The number of halogens is 3. The summed E-state index contributed by atoms with van der Waals surface area (Å²) in [6.45, 7) is 1.18. The fourth-order valence-corrected chi connectivity index (χ4v) is 1.87. The van der Waals surface area contributed by atoms with E-state index in [-0.39, 0.29) is 12.2 Å². The first-order valence-electron chi connectivity index (χ1n) is 6.00. The number of fused-ring (bicyclic) bond motifs is 1. The summed E-state index contributed by atoms with van der Waals surface area (Å²) in [7, 11) is 1.35. The monoisotopic (exact) mass is 276 g/mol. The van der Waals surface area contributed by atoms with E-state index in [0.29, 0.717) is 5.95 Å². The van der Waals surface area contributed by atoms with Gasteiger partial charge in [-0.25, -0.2) is 4.98 Å². The summed E-state index contributed by atoms with van der Waals surface area (Å²) in [5.74, 6) is 0.103. The highest BCUT2D eigenvalue weighted by molar-refractivity contribution is 5.92. The SMILES string of the molecule is CN(CCC(F)(F)F)C(=O)c1cn2c(n1)NCCC2. The topological polar surface area (TPSA) is 50.2 Å². The van der Waals surface area contributed by atoms with Crippen molar-refractivity contribution in [3.05, 3.63) is 11.9 Å². The standard InChI is InChI=1S/C11H15F3N4O/c1-17(6-3-11(12,13)14)9(19)8-7-18-5-2-4-15-10(18)16-8/h7H,2-6H2,1H3,(H,15,16). The van der Waals surface area contributed by atoms with Crippen molar-refractivity contribution in [1.82, 2.24) is 14.5 Å². The molecule has 0 saturated carbocycles. The molecule has 0 bridgehead atoms. The molecule has 0 aliphatic carbocycles. The fraction of sp³-hybridized carbons (Fsp3) is 0.636. The zero-order valence-electron chi connectivity index (χ0n) is 10.5. The van der Waals surface area contributed by atoms with Gasteiger partial charge in [-0.05, 0) is 6.42 Å². The number of alkyl halides is 3. The Morgan fingerprint density at radius 2 is 2.32 bits per heavy atom. The predicted octanol–water partition coefficient (Wildman–Crippen LogP) is 1.72. The van der Waals surface area contributed by atoms with Crippen LogP contribution in [0.15, 0.2) is 6.20 Å². The predicted molar refractivity (Wildman–Crippen MR) is 63.0 cm³/mol. The molecule has 8 heteroatoms. The Bertz CT molecular complexity index is 445. The maximum Gasteiger partial charge on any atom is 0.390 e. The second-order valence-corrected chi connectivity index (χ2v) is 4.52. The largest absolute Gasteiger partial charge is 0.390 e. The van der Waals surface area contributed by atoms with E-state index in [1.807, 2.05) is 0 Å². The Morgan fingerprint density at radius 1 is 1.58 bits per heavy atom. The molecule has 1 aromatic rings. The van der Waals surface area contributed by atoms with Crippen LogP contribution in [-0.4, -0.2) is 46.7 Å². The molecule has 0 spiro atoms. The summed E-state index contributed by atoms with van der Waals surface area (Å²) in [6.07, 6.45) is -2.76. The zero-order chi connectivity index (χ0) is 14.0. The Hall–Kier alpha value is -1.73. The van der Waals surface area contributed by atoms with Gasteiger partial charge in [0.05, 0.1) is 6.42 Å². The van der Waals surface area contributed by atoms with Gasteiger partial charge in [0.1, 0.15) is 5.69 Å². The van der Waals surface area contributed by atoms with Crippen molar-refractivity contribution < 1.29 is 18.0 Å². The lowest BCUT2D eigenvalue weighted by Crippen LogP contribution is -2.30. The first kappa shape index (κ1) is 13.7. The fourth-order valence-electron chi connectivity index (χ4n) is 1.87. The lowest BCUT2D eigenvalue weighted by molar-refractivity contribution is -0.136. The van der Waals surface area contributed by atoms with Gasteiger partial charge in [0, 0.05) is 32.9 Å². The lowest BCUT2D eigenvalue weighted by atomic mass is 10.3. The molecule has 0 unspecified atom stereocenters. The summed E-state index contributed by atoms with van der Waals surface area (Å²) in [5, 5.41) is 3.03. The van der Waals surface area contributed by atoms with Crippen molar-refractivity contribution in [3.63, 3.8) is 0 Å². The third-order valence-electron chi connectivity index (χ3n) is 2.93. The molecule has 1 aliphatic rings. The summed E-state index contributed by atoms with van der Waals surface area (Å²) >= 11 is 0. The number of imidazole rings is 1. The minimum atomic E-state index is -4.26. The van der Waals surface area contributed by atoms with Crippen LogP contribution in [0, 0.1) is 0 Å². The van der Waals surface area contributed by atoms with Gasteiger partial charge >= 0.3 is 6.18 Å². The van der Waals surface area contributed by atoms with Crippen LogP contribution in [-0.2, 0) is 6.54 Å². The van der Waals surface area contributed by atoms with Crippen LogP contribution in [0.4, 0.5) is 19.1 Å². The van der Waals surface area contributed by atoms with E-state index in [1.165, 1.54) is 7.05 Å². The molecule has 19 heavy (non-hydrogen) atoms. The maximum atomic E-state index is 12.1. The number of aromatic nitrogens is 2. The van der Waals surface area contributed by atoms with Crippen molar-refractivity contribution in [2.75, 3.05) is 25.5 Å². The molecule has 106 valence electrons. The lowest BCUT2D eigenvalue weighted by Gasteiger charge is -2.16. The van der Waals surface area contributed by atoms with Crippen LogP contribution in [0.1, 0.15) is 23.3 Å². The molecule has 1 amide bonds. The van der Waals surface area contributed by atoms with E-state index in [0.717, 1.165) is 24.4 Å². The van der Waals surface area contributed by atoms with Gasteiger partial charge in [0.2, 0.25) is 5.95 Å². The van der Waals surface area contributed by atoms with E-state index >= 15 is 0 Å². The van der Waals surface area contributed by atoms with Crippen LogP contribution in [0.25, 0.3) is 0 Å². The number of carbonyl (C=O) groups is 1. The average Bonchev–Trinajstić information content (AvgIpc) is 2.77. The zero-order valence-corrected chi connectivity index (χ0v) is 10.5. The third-order valence-corrected chi connectivity index (χ3v) is 2.93. The normalized spacial score (nSPS) is 14.7. The smallest absolute Gasteiger partial charge is 0.356 e. The summed E-state index contributed by atoms with van der Waals surface area (Å²) < 4.78 is 38.1. The number of nitrogens with zero attached hydrogens (tertiary/aromatic N) is 3. The van der Waals surface area contributed by atoms with Gasteiger partial charge in [0.25, 0.3) is 5.91 Å². The van der Waals surface area contributed by atoms with Crippen LogP contribution in [0.2, 0.25) is 0 Å². The molecule has 0 atom stereocenters. The van der Waals surface area contributed by atoms with E-state index < -0.39 is 18.5 Å². The molecule has 2 heterocycles. The summed E-state index contributed by atoms with van der Waals surface area (Å²) in [4.78, 5) is 17.1. The molecule has 1 aromatic heterocycles. The Labute approximate surface area is 108 Å². The van der Waals surface area contributed by atoms with E-state index in [2.05, 4.69) is 10.3 Å². The minimum absolute atomic E-state index is 0.175. The number of rotatable bonds is 3. The van der Waals surface area contributed by atoms with Gasteiger partial charge < -0.3 is 14.8 Å². The van der Waals surface area contributed by atoms with Gasteiger partial charge in [-0.2, -0.15) is 13.2 Å². The number of amides is 1. The highest BCUT2D eigenvalue weighted by Gasteiger charge is 2.29. The van der Waals surface area contributed by atoms with Gasteiger partial charge in [-0.1, -0.05) is 0 Å². The number of aryl methyl sites for hydroxylation is 1. The van der Waals surface area contributed by atoms with Crippen LogP contribution < -0.4 is 5.32 Å². The van der Waals surface area contributed by atoms with Crippen molar-refractivity contribution in [3.8, 4) is 0 Å². The molecule has 0 fully saturated rings. The van der Waals surface area contributed by atoms with E-state index in [9.17, 15) is 18.0 Å². The quantitative estimate of drug-likeness (QED) is 0.914. The minimum Gasteiger partial charge on any atom is -0.356 e. The first-order valence-corrected chi connectivity index (χ1v) is 6.00. The van der Waals surface area contributed by atoms with Gasteiger partial charge in [-0.15, -0.1) is 0 Å². The first-order chi connectivity index (χ1) is 8.87. The summed E-state index contributed by atoms with van der Waals surface area (Å²) in [5.41, 5.74) is 0.175. The highest BCUT2D eigenvalue weighted by Crippen LogP contribution is 2.20. The molecular weight excluding hydrogens is 261 g/mol. The van der Waals surface area contributed by atoms with E-state index in [4.69, 9.17) is 0 Å². The highest BCUT2D eigenvalue weighted by atomic mass is 19.4. The number of nitrogens with one attached hydrogen (secondary N) is 1. The molecule has 1 N–H and O–H groups in total. The van der Waals surface area contributed by atoms with Crippen molar-refractivity contribution >= 4 is 11.9 Å². The molecule has 2 rings (SSSR count). The van der Waals surface area contributed by atoms with Crippen LogP contribution in [0.3, 0.4) is 0 Å². The molecule has 0 radical (unpaired) electrons. The Balaban J connectivity index is 2.01. The second-order valence-electron chi connectivity index (χ2n) is 4.52. The summed E-state index contributed by atoms with van der Waals surface area (Å²) in [6, 6.07) is 0. The second kappa shape index (κ2) is 5.10. The average molecular weight is 276 g/mol. The van der Waals surface area contributed by atoms with Crippen molar-refractivity contribution in [2.24, 2.45) is 0 Å². The molecule has 5 nitrogen and oxygen atoms in total. The third kappa shape index (κ3) is 3.39. The molecule has 1 aliphatic heterocycles. The van der Waals surface area contributed by atoms with Gasteiger partial charge in [0.15, 0.2) is 0 Å². The van der Waals surface area contributed by atoms with Crippen molar-refractivity contribution in [1.29, 1.82) is 0 Å². The number of anilines is 1. The van der Waals surface area contributed by atoms with E-state index in [1.54, 1.807) is 10.8 Å². The Morgan fingerprint density at radius 3 is 2.95 bits per heavy atom.